The van der Waals surface area contributed by atoms with Crippen molar-refractivity contribution in [2.75, 3.05) is 26.2 Å². The predicted octanol–water partition coefficient (Wildman–Crippen LogP) is 3.05. The molecule has 102 valence electrons. The first kappa shape index (κ1) is 13.6. The molecule has 2 rings (SSSR count). The Morgan fingerprint density at radius 1 is 1.44 bits per heavy atom. The molecule has 1 saturated heterocycles. The van der Waals surface area contributed by atoms with Crippen molar-refractivity contribution in [3.05, 3.63) is 24.2 Å². The number of hydrogen-bond donors (Lipinski definition) is 1. The fraction of sp³-hybridized carbons (Fsp3) is 0.733. The average molecular weight is 250 g/mol. The van der Waals surface area contributed by atoms with Crippen LogP contribution in [0.3, 0.4) is 0 Å². The summed E-state index contributed by atoms with van der Waals surface area (Å²) < 4.78 is 5.10. The summed E-state index contributed by atoms with van der Waals surface area (Å²) >= 11 is 0. The third-order valence-corrected chi connectivity index (χ3v) is 4.02. The van der Waals surface area contributed by atoms with E-state index in [0.717, 1.165) is 12.5 Å². The number of nitrogens with zero attached hydrogens (tertiary/aromatic N) is 1. The van der Waals surface area contributed by atoms with Crippen LogP contribution in [0.15, 0.2) is 23.0 Å². The Balaban J connectivity index is 1.56. The molecule has 1 aromatic rings. The van der Waals surface area contributed by atoms with Crippen LogP contribution >= 0.6 is 0 Å². The quantitative estimate of drug-likeness (QED) is 0.787. The molecule has 0 saturated carbocycles. The van der Waals surface area contributed by atoms with Crippen LogP contribution in [0, 0.1) is 5.92 Å². The standard InChI is InChI=1S/C15H26N2O/c1-13-4-9-17(10-5-13)8-3-7-16-14(2)15-6-11-18-12-15/h6,11-14,16H,3-5,7-10H2,1-2H3. The first-order chi connectivity index (χ1) is 8.75. The smallest absolute Gasteiger partial charge is 0.0950 e. The maximum atomic E-state index is 5.10. The monoisotopic (exact) mass is 250 g/mol. The second kappa shape index (κ2) is 6.95. The van der Waals surface area contributed by atoms with Crippen molar-refractivity contribution in [1.29, 1.82) is 0 Å². The van der Waals surface area contributed by atoms with Crippen LogP contribution < -0.4 is 5.32 Å². The molecule has 0 aliphatic carbocycles. The lowest BCUT2D eigenvalue weighted by Gasteiger charge is -2.30. The summed E-state index contributed by atoms with van der Waals surface area (Å²) in [5.41, 5.74) is 1.24. The minimum atomic E-state index is 0.394. The summed E-state index contributed by atoms with van der Waals surface area (Å²) in [5.74, 6) is 0.931. The molecule has 1 atom stereocenters. The third-order valence-electron chi connectivity index (χ3n) is 4.02. The molecule has 0 amide bonds. The van der Waals surface area contributed by atoms with E-state index in [1.54, 1.807) is 6.26 Å². The Morgan fingerprint density at radius 2 is 2.22 bits per heavy atom. The van der Waals surface area contributed by atoms with Gasteiger partial charge in [-0.05, 0) is 64.3 Å². The second-order valence-corrected chi connectivity index (χ2v) is 5.61. The Morgan fingerprint density at radius 3 is 2.89 bits per heavy atom. The number of rotatable bonds is 6. The summed E-state index contributed by atoms with van der Waals surface area (Å²) in [5, 5.41) is 3.55. The topological polar surface area (TPSA) is 28.4 Å². The zero-order valence-electron chi connectivity index (χ0n) is 11.7. The molecule has 1 unspecified atom stereocenters. The minimum Gasteiger partial charge on any atom is -0.472 e. The van der Waals surface area contributed by atoms with E-state index >= 15 is 0 Å². The molecule has 1 aromatic heterocycles. The molecule has 1 fully saturated rings. The highest BCUT2D eigenvalue weighted by Gasteiger charge is 2.14. The van der Waals surface area contributed by atoms with Gasteiger partial charge in [0.15, 0.2) is 0 Å². The van der Waals surface area contributed by atoms with Gasteiger partial charge < -0.3 is 14.6 Å². The van der Waals surface area contributed by atoms with E-state index in [1.165, 1.54) is 44.5 Å². The lowest BCUT2D eigenvalue weighted by Crippen LogP contribution is -2.35. The molecule has 0 radical (unpaired) electrons. The van der Waals surface area contributed by atoms with Gasteiger partial charge in [-0.25, -0.2) is 0 Å². The van der Waals surface area contributed by atoms with Crippen molar-refractivity contribution in [3.63, 3.8) is 0 Å². The van der Waals surface area contributed by atoms with Crippen molar-refractivity contribution >= 4 is 0 Å². The highest BCUT2D eigenvalue weighted by Crippen LogP contribution is 2.16. The molecule has 18 heavy (non-hydrogen) atoms. The van der Waals surface area contributed by atoms with Gasteiger partial charge in [-0.3, -0.25) is 0 Å². The summed E-state index contributed by atoms with van der Waals surface area (Å²) in [6.07, 6.45) is 7.54. The van der Waals surface area contributed by atoms with Gasteiger partial charge in [0, 0.05) is 11.6 Å². The zero-order chi connectivity index (χ0) is 12.8. The van der Waals surface area contributed by atoms with Crippen LogP contribution in [0.1, 0.15) is 44.7 Å². The lowest BCUT2D eigenvalue weighted by atomic mass is 9.99. The van der Waals surface area contributed by atoms with Crippen LogP contribution in [0.25, 0.3) is 0 Å². The zero-order valence-corrected chi connectivity index (χ0v) is 11.7. The molecule has 1 aliphatic rings. The Labute approximate surface area is 111 Å². The molecule has 0 aromatic carbocycles. The van der Waals surface area contributed by atoms with Gasteiger partial charge in [0.2, 0.25) is 0 Å². The number of likely N-dealkylation sites (tertiary alicyclic amines) is 1. The largest absolute Gasteiger partial charge is 0.472 e. The van der Waals surface area contributed by atoms with Gasteiger partial charge in [0.1, 0.15) is 0 Å². The Bertz CT molecular complexity index is 315. The Hall–Kier alpha value is -0.800. The number of piperidine rings is 1. The number of furan rings is 1. The maximum absolute atomic E-state index is 5.10. The molecule has 0 spiro atoms. The maximum Gasteiger partial charge on any atom is 0.0950 e. The molecule has 3 heteroatoms. The van der Waals surface area contributed by atoms with Gasteiger partial charge >= 0.3 is 0 Å². The average Bonchev–Trinajstić information content (AvgIpc) is 2.90. The SMILES string of the molecule is CC1CCN(CCCNC(C)c2ccoc2)CC1. The van der Waals surface area contributed by atoms with Crippen LogP contribution in [0.4, 0.5) is 0 Å². The van der Waals surface area contributed by atoms with E-state index in [0.29, 0.717) is 6.04 Å². The summed E-state index contributed by atoms with van der Waals surface area (Å²) in [7, 11) is 0. The summed E-state index contributed by atoms with van der Waals surface area (Å²) in [6, 6.07) is 2.43. The van der Waals surface area contributed by atoms with Crippen molar-refractivity contribution < 1.29 is 4.42 Å². The normalized spacial score (nSPS) is 20.1. The van der Waals surface area contributed by atoms with Crippen molar-refractivity contribution in [2.45, 2.75) is 39.2 Å². The minimum absolute atomic E-state index is 0.394. The predicted molar refractivity (Wildman–Crippen MR) is 74.6 cm³/mol. The fourth-order valence-electron chi connectivity index (χ4n) is 2.55. The van der Waals surface area contributed by atoms with Crippen molar-refractivity contribution in [1.82, 2.24) is 10.2 Å². The van der Waals surface area contributed by atoms with E-state index < -0.39 is 0 Å². The first-order valence-electron chi connectivity index (χ1n) is 7.23. The molecule has 3 nitrogen and oxygen atoms in total. The van der Waals surface area contributed by atoms with E-state index in [9.17, 15) is 0 Å². The van der Waals surface area contributed by atoms with Crippen LogP contribution in [-0.2, 0) is 0 Å². The number of nitrogens with one attached hydrogen (secondary N) is 1. The van der Waals surface area contributed by atoms with Crippen molar-refractivity contribution in [2.24, 2.45) is 5.92 Å². The van der Waals surface area contributed by atoms with Crippen molar-refractivity contribution in [3.8, 4) is 0 Å². The summed E-state index contributed by atoms with van der Waals surface area (Å²) in [6.45, 7) is 9.45. The molecular weight excluding hydrogens is 224 g/mol. The van der Waals surface area contributed by atoms with Crippen LogP contribution in [0.2, 0.25) is 0 Å². The van der Waals surface area contributed by atoms with Gasteiger partial charge in [-0.1, -0.05) is 6.92 Å². The van der Waals surface area contributed by atoms with Crippen LogP contribution in [-0.4, -0.2) is 31.1 Å². The summed E-state index contributed by atoms with van der Waals surface area (Å²) in [4.78, 5) is 2.60. The molecule has 1 aliphatic heterocycles. The van der Waals surface area contributed by atoms with Gasteiger partial charge in [0.05, 0.1) is 12.5 Å². The van der Waals surface area contributed by atoms with E-state index in [-0.39, 0.29) is 0 Å². The second-order valence-electron chi connectivity index (χ2n) is 5.61. The highest BCUT2D eigenvalue weighted by atomic mass is 16.3. The fourth-order valence-corrected chi connectivity index (χ4v) is 2.55. The lowest BCUT2D eigenvalue weighted by molar-refractivity contribution is 0.190. The van der Waals surface area contributed by atoms with E-state index in [4.69, 9.17) is 4.42 Å². The highest BCUT2D eigenvalue weighted by molar-refractivity contribution is 5.09. The van der Waals surface area contributed by atoms with Crippen LogP contribution in [0.5, 0.6) is 0 Å². The van der Waals surface area contributed by atoms with Gasteiger partial charge in [-0.15, -0.1) is 0 Å². The third kappa shape index (κ3) is 4.14. The first-order valence-corrected chi connectivity index (χ1v) is 7.23. The van der Waals surface area contributed by atoms with E-state index in [1.807, 2.05) is 12.3 Å². The molecule has 1 N–H and O–H groups in total. The van der Waals surface area contributed by atoms with Gasteiger partial charge in [-0.2, -0.15) is 0 Å². The molecular formula is C15H26N2O. The van der Waals surface area contributed by atoms with Gasteiger partial charge in [0.25, 0.3) is 0 Å². The molecule has 2 heterocycles. The molecule has 0 bridgehead atoms. The van der Waals surface area contributed by atoms with E-state index in [2.05, 4.69) is 24.1 Å². The number of hydrogen-bond acceptors (Lipinski definition) is 3. The Kier molecular flexibility index (Phi) is 5.26.